The molecule has 0 unspecified atom stereocenters. The van der Waals surface area contributed by atoms with Gasteiger partial charge in [-0.3, -0.25) is 4.90 Å². The number of nitrogens with zero attached hydrogens (tertiary/aromatic N) is 2. The van der Waals surface area contributed by atoms with E-state index in [1.54, 1.807) is 6.07 Å². The number of hydrogen-bond acceptors (Lipinski definition) is 4. The molecule has 0 atom stereocenters. The third-order valence-electron chi connectivity index (χ3n) is 6.18. The Morgan fingerprint density at radius 1 is 0.926 bits per heavy atom. The largest absolute Gasteiger partial charge is 0.508 e. The average molecular weight is 367 g/mol. The van der Waals surface area contributed by atoms with Crippen molar-refractivity contribution in [1.82, 2.24) is 9.80 Å². The zero-order valence-electron chi connectivity index (χ0n) is 16.0. The Kier molecular flexibility index (Phi) is 5.77. The first kappa shape index (κ1) is 18.5. The number of phenols is 1. The fourth-order valence-corrected chi connectivity index (χ4v) is 4.47. The molecular formula is C23H30N2O2. The van der Waals surface area contributed by atoms with Gasteiger partial charge >= 0.3 is 0 Å². The van der Waals surface area contributed by atoms with Crippen molar-refractivity contribution in [3.05, 3.63) is 65.7 Å². The van der Waals surface area contributed by atoms with Crippen molar-refractivity contribution in [2.75, 3.05) is 39.4 Å². The van der Waals surface area contributed by atoms with E-state index < -0.39 is 0 Å². The number of rotatable bonds is 5. The zero-order chi connectivity index (χ0) is 18.5. The van der Waals surface area contributed by atoms with Crippen LogP contribution in [0.15, 0.2) is 54.6 Å². The standard InChI is InChI=1S/C23H30N2O2/c26-22-8-4-7-20(17-22)9-12-24-13-10-23(11-14-24)19-27-16-15-25(23)18-21-5-2-1-3-6-21/h1-8,17,26H,9-16,18-19H2. The van der Waals surface area contributed by atoms with Crippen LogP contribution in [-0.4, -0.2) is 59.8 Å². The second-order valence-electron chi connectivity index (χ2n) is 7.95. The normalized spacial score (nSPS) is 20.7. The van der Waals surface area contributed by atoms with Crippen molar-refractivity contribution in [2.24, 2.45) is 0 Å². The summed E-state index contributed by atoms with van der Waals surface area (Å²) in [6.45, 7) is 7.04. The summed E-state index contributed by atoms with van der Waals surface area (Å²) in [6.07, 6.45) is 3.32. The molecule has 0 bridgehead atoms. The van der Waals surface area contributed by atoms with E-state index in [4.69, 9.17) is 4.74 Å². The molecule has 0 aliphatic carbocycles. The summed E-state index contributed by atoms with van der Waals surface area (Å²) in [5.41, 5.74) is 2.79. The molecular weight excluding hydrogens is 336 g/mol. The summed E-state index contributed by atoms with van der Waals surface area (Å²) >= 11 is 0. The average Bonchev–Trinajstić information content (AvgIpc) is 2.70. The van der Waals surface area contributed by atoms with Crippen LogP contribution in [0.1, 0.15) is 24.0 Å². The van der Waals surface area contributed by atoms with Crippen LogP contribution in [0.3, 0.4) is 0 Å². The molecule has 0 amide bonds. The Labute approximate surface area is 162 Å². The van der Waals surface area contributed by atoms with Gasteiger partial charge in [-0.1, -0.05) is 42.5 Å². The fraction of sp³-hybridized carbons (Fsp3) is 0.478. The van der Waals surface area contributed by atoms with Crippen LogP contribution < -0.4 is 0 Å². The maximum Gasteiger partial charge on any atom is 0.115 e. The van der Waals surface area contributed by atoms with Crippen molar-refractivity contribution in [3.63, 3.8) is 0 Å². The predicted octanol–water partition coefficient (Wildman–Crippen LogP) is 3.30. The van der Waals surface area contributed by atoms with Crippen molar-refractivity contribution < 1.29 is 9.84 Å². The highest BCUT2D eigenvalue weighted by atomic mass is 16.5. The van der Waals surface area contributed by atoms with Gasteiger partial charge in [0.15, 0.2) is 0 Å². The number of piperidine rings is 1. The van der Waals surface area contributed by atoms with Crippen molar-refractivity contribution in [1.29, 1.82) is 0 Å². The molecule has 4 heteroatoms. The lowest BCUT2D eigenvalue weighted by atomic mass is 9.85. The van der Waals surface area contributed by atoms with Crippen LogP contribution in [-0.2, 0) is 17.7 Å². The van der Waals surface area contributed by atoms with Crippen molar-refractivity contribution in [3.8, 4) is 5.75 Å². The zero-order valence-corrected chi connectivity index (χ0v) is 16.0. The molecule has 1 N–H and O–H groups in total. The molecule has 144 valence electrons. The van der Waals surface area contributed by atoms with E-state index in [0.717, 1.165) is 52.4 Å². The van der Waals surface area contributed by atoms with Crippen molar-refractivity contribution in [2.45, 2.75) is 31.3 Å². The van der Waals surface area contributed by atoms with Gasteiger partial charge in [0.2, 0.25) is 0 Å². The molecule has 2 saturated heterocycles. The quantitative estimate of drug-likeness (QED) is 0.881. The van der Waals surface area contributed by atoms with E-state index in [9.17, 15) is 5.11 Å². The summed E-state index contributed by atoms with van der Waals surface area (Å²) in [5.74, 6) is 0.362. The number of aromatic hydroxyl groups is 1. The molecule has 0 radical (unpaired) electrons. The van der Waals surface area contributed by atoms with Gasteiger partial charge in [-0.05, 0) is 55.6 Å². The summed E-state index contributed by atoms with van der Waals surface area (Å²) < 4.78 is 5.92. The fourth-order valence-electron chi connectivity index (χ4n) is 4.47. The second kappa shape index (κ2) is 8.42. The minimum absolute atomic E-state index is 0.190. The van der Waals surface area contributed by atoms with E-state index in [1.165, 1.54) is 24.0 Å². The maximum atomic E-state index is 9.63. The minimum Gasteiger partial charge on any atom is -0.508 e. The molecule has 2 fully saturated rings. The van der Waals surface area contributed by atoms with Gasteiger partial charge in [-0.15, -0.1) is 0 Å². The molecule has 2 aliphatic rings. The molecule has 2 heterocycles. The Bertz CT molecular complexity index is 726. The summed E-state index contributed by atoms with van der Waals surface area (Å²) in [5, 5.41) is 9.63. The molecule has 27 heavy (non-hydrogen) atoms. The van der Waals surface area contributed by atoms with E-state index in [-0.39, 0.29) is 5.54 Å². The van der Waals surface area contributed by atoms with Gasteiger partial charge in [0.25, 0.3) is 0 Å². The summed E-state index contributed by atoms with van der Waals surface area (Å²) in [6, 6.07) is 18.4. The van der Waals surface area contributed by atoms with Gasteiger partial charge in [0.05, 0.1) is 13.2 Å². The molecule has 0 aromatic heterocycles. The van der Waals surface area contributed by atoms with Crippen LogP contribution in [0.4, 0.5) is 0 Å². The molecule has 0 saturated carbocycles. The maximum absolute atomic E-state index is 9.63. The topological polar surface area (TPSA) is 35.9 Å². The van der Waals surface area contributed by atoms with E-state index in [0.29, 0.717) is 5.75 Å². The van der Waals surface area contributed by atoms with E-state index >= 15 is 0 Å². The van der Waals surface area contributed by atoms with Crippen LogP contribution in [0.2, 0.25) is 0 Å². The minimum atomic E-state index is 0.190. The third kappa shape index (κ3) is 4.52. The van der Waals surface area contributed by atoms with Gasteiger partial charge in [0.1, 0.15) is 5.75 Å². The SMILES string of the molecule is Oc1cccc(CCN2CCC3(CC2)COCCN3Cc2ccccc2)c1. The van der Waals surface area contributed by atoms with Crippen LogP contribution in [0.25, 0.3) is 0 Å². The first-order valence-electron chi connectivity index (χ1n) is 10.1. The van der Waals surface area contributed by atoms with E-state index in [1.807, 2.05) is 12.1 Å². The van der Waals surface area contributed by atoms with Crippen LogP contribution >= 0.6 is 0 Å². The number of phenolic OH excluding ortho intramolecular Hbond substituents is 1. The number of benzene rings is 2. The van der Waals surface area contributed by atoms with Crippen LogP contribution in [0, 0.1) is 0 Å². The van der Waals surface area contributed by atoms with Crippen LogP contribution in [0.5, 0.6) is 5.75 Å². The number of ether oxygens (including phenoxy) is 1. The Balaban J connectivity index is 1.34. The lowest BCUT2D eigenvalue weighted by molar-refractivity contribution is -0.0987. The molecule has 4 nitrogen and oxygen atoms in total. The Hall–Kier alpha value is -1.88. The molecule has 2 aromatic carbocycles. The Morgan fingerprint density at radius 2 is 1.70 bits per heavy atom. The second-order valence-corrected chi connectivity index (χ2v) is 7.95. The summed E-state index contributed by atoms with van der Waals surface area (Å²) in [7, 11) is 0. The van der Waals surface area contributed by atoms with Gasteiger partial charge in [-0.25, -0.2) is 0 Å². The summed E-state index contributed by atoms with van der Waals surface area (Å²) in [4.78, 5) is 5.23. The highest BCUT2D eigenvalue weighted by Crippen LogP contribution is 2.33. The lowest BCUT2D eigenvalue weighted by Gasteiger charge is -2.51. The highest BCUT2D eigenvalue weighted by molar-refractivity contribution is 5.27. The number of likely N-dealkylation sites (tertiary alicyclic amines) is 1. The molecule has 1 spiro atoms. The predicted molar refractivity (Wildman–Crippen MR) is 108 cm³/mol. The first-order chi connectivity index (χ1) is 13.2. The van der Waals surface area contributed by atoms with Gasteiger partial charge in [-0.2, -0.15) is 0 Å². The lowest BCUT2D eigenvalue weighted by Crippen LogP contribution is -2.61. The third-order valence-corrected chi connectivity index (χ3v) is 6.18. The van der Waals surface area contributed by atoms with E-state index in [2.05, 4.69) is 46.2 Å². The van der Waals surface area contributed by atoms with Gasteiger partial charge < -0.3 is 14.7 Å². The van der Waals surface area contributed by atoms with Gasteiger partial charge in [0, 0.05) is 25.2 Å². The van der Waals surface area contributed by atoms with Crippen molar-refractivity contribution >= 4 is 0 Å². The molecule has 4 rings (SSSR count). The number of hydrogen-bond donors (Lipinski definition) is 1. The highest BCUT2D eigenvalue weighted by Gasteiger charge is 2.41. The Morgan fingerprint density at radius 3 is 2.48 bits per heavy atom. The number of morpholine rings is 1. The smallest absolute Gasteiger partial charge is 0.115 e. The molecule has 2 aliphatic heterocycles. The monoisotopic (exact) mass is 366 g/mol. The first-order valence-corrected chi connectivity index (χ1v) is 10.1. The molecule has 2 aromatic rings.